The molecule has 0 spiro atoms. The maximum atomic E-state index is 12.5. The lowest BCUT2D eigenvalue weighted by atomic mass is 10.1. The number of aromatic nitrogens is 2. The predicted molar refractivity (Wildman–Crippen MR) is 110 cm³/mol. The number of benzene rings is 3. The summed E-state index contributed by atoms with van der Waals surface area (Å²) >= 11 is 1.52. The van der Waals surface area contributed by atoms with Gasteiger partial charge in [-0.1, -0.05) is 18.2 Å². The van der Waals surface area contributed by atoms with E-state index in [-0.39, 0.29) is 5.91 Å². The number of hydrogen-bond donors (Lipinski definition) is 2. The summed E-state index contributed by atoms with van der Waals surface area (Å²) in [6.07, 6.45) is 3.19. The van der Waals surface area contributed by atoms with Crippen LogP contribution in [0, 0.1) is 0 Å². The zero-order valence-electron chi connectivity index (χ0n) is 14.3. The predicted octanol–water partition coefficient (Wildman–Crippen LogP) is 5.00. The molecule has 0 aliphatic carbocycles. The topological polar surface area (TPSA) is 66.9 Å². The Morgan fingerprint density at radius 3 is 2.52 bits per heavy atom. The molecule has 4 aromatic rings. The highest BCUT2D eigenvalue weighted by Crippen LogP contribution is 2.23. The van der Waals surface area contributed by atoms with Crippen molar-refractivity contribution in [3.8, 4) is 0 Å². The maximum absolute atomic E-state index is 12.5. The van der Waals surface area contributed by atoms with E-state index in [0.717, 1.165) is 27.2 Å². The van der Waals surface area contributed by atoms with Gasteiger partial charge >= 0.3 is 0 Å². The minimum Gasteiger partial charge on any atom is -0.326 e. The molecule has 0 bridgehead atoms. The first-order valence-electron chi connectivity index (χ1n) is 8.37. The molecule has 3 aromatic carbocycles. The number of fused-ring (bicyclic) bond motifs is 1. The van der Waals surface area contributed by atoms with Crippen molar-refractivity contribution < 1.29 is 4.79 Å². The van der Waals surface area contributed by atoms with Crippen molar-refractivity contribution in [2.45, 2.75) is 4.90 Å². The van der Waals surface area contributed by atoms with Gasteiger partial charge in [0.1, 0.15) is 6.33 Å². The van der Waals surface area contributed by atoms with E-state index in [0.29, 0.717) is 5.56 Å². The molecular formula is C21H16N4OS. The van der Waals surface area contributed by atoms with Crippen LogP contribution >= 0.6 is 11.9 Å². The average Bonchev–Trinajstić information content (AvgIpc) is 2.73. The van der Waals surface area contributed by atoms with E-state index in [2.05, 4.69) is 20.0 Å². The second kappa shape index (κ2) is 7.88. The third-order valence-corrected chi connectivity index (χ3v) is 4.79. The Morgan fingerprint density at radius 1 is 0.889 bits per heavy atom. The van der Waals surface area contributed by atoms with Gasteiger partial charge in [0.05, 0.1) is 5.52 Å². The molecule has 0 unspecified atom stereocenters. The number of para-hydroxylation sites is 1. The summed E-state index contributed by atoms with van der Waals surface area (Å²) < 4.78 is 3.28. The quantitative estimate of drug-likeness (QED) is 0.483. The van der Waals surface area contributed by atoms with Gasteiger partial charge in [0, 0.05) is 33.4 Å². The fourth-order valence-corrected chi connectivity index (χ4v) is 3.20. The van der Waals surface area contributed by atoms with Crippen molar-refractivity contribution in [3.05, 3.63) is 90.9 Å². The van der Waals surface area contributed by atoms with Crippen molar-refractivity contribution in [1.29, 1.82) is 0 Å². The minimum absolute atomic E-state index is 0.163. The third kappa shape index (κ3) is 4.24. The van der Waals surface area contributed by atoms with Crippen LogP contribution in [0.4, 0.5) is 11.4 Å². The Hall–Kier alpha value is -3.38. The number of rotatable bonds is 5. The maximum Gasteiger partial charge on any atom is 0.255 e. The van der Waals surface area contributed by atoms with Crippen LogP contribution in [0.3, 0.4) is 0 Å². The molecule has 27 heavy (non-hydrogen) atoms. The molecule has 4 rings (SSSR count). The first-order valence-corrected chi connectivity index (χ1v) is 9.19. The molecule has 0 aliphatic heterocycles. The molecule has 132 valence electrons. The Kier molecular flexibility index (Phi) is 4.98. The van der Waals surface area contributed by atoms with Gasteiger partial charge in [-0.3, -0.25) is 4.79 Å². The normalized spacial score (nSPS) is 10.5. The number of carbonyl (C=O) groups is 1. The summed E-state index contributed by atoms with van der Waals surface area (Å²) in [5, 5.41) is 3.75. The van der Waals surface area contributed by atoms with Crippen LogP contribution in [0.1, 0.15) is 10.4 Å². The zero-order chi connectivity index (χ0) is 18.5. The minimum atomic E-state index is -0.163. The fourth-order valence-electron chi connectivity index (χ4n) is 2.56. The molecule has 6 heteroatoms. The molecule has 2 N–H and O–H groups in total. The van der Waals surface area contributed by atoms with Gasteiger partial charge in [0.15, 0.2) is 0 Å². The smallest absolute Gasteiger partial charge is 0.255 e. The lowest BCUT2D eigenvalue weighted by Gasteiger charge is -2.08. The van der Waals surface area contributed by atoms with Crippen LogP contribution in [0.15, 0.2) is 90.2 Å². The van der Waals surface area contributed by atoms with Crippen LogP contribution in [0.2, 0.25) is 0 Å². The molecule has 0 saturated heterocycles. The second-order valence-electron chi connectivity index (χ2n) is 5.84. The van der Waals surface area contributed by atoms with Crippen molar-refractivity contribution in [1.82, 2.24) is 9.97 Å². The molecule has 0 fully saturated rings. The number of anilines is 2. The first kappa shape index (κ1) is 17.1. The molecular weight excluding hydrogens is 356 g/mol. The van der Waals surface area contributed by atoms with Crippen LogP contribution in [-0.2, 0) is 0 Å². The third-order valence-electron chi connectivity index (χ3n) is 3.94. The van der Waals surface area contributed by atoms with Gasteiger partial charge in [-0.25, -0.2) is 9.97 Å². The average molecular weight is 372 g/mol. The summed E-state index contributed by atoms with van der Waals surface area (Å²) in [5.41, 5.74) is 3.17. The molecule has 0 saturated carbocycles. The molecule has 1 aromatic heterocycles. The number of nitrogens with one attached hydrogen (secondary N) is 2. The highest BCUT2D eigenvalue weighted by molar-refractivity contribution is 8.00. The Morgan fingerprint density at radius 2 is 1.70 bits per heavy atom. The van der Waals surface area contributed by atoms with Crippen LogP contribution in [0.5, 0.6) is 0 Å². The van der Waals surface area contributed by atoms with Gasteiger partial charge in [-0.15, -0.1) is 0 Å². The molecule has 1 amide bonds. The monoisotopic (exact) mass is 372 g/mol. The van der Waals surface area contributed by atoms with E-state index in [4.69, 9.17) is 0 Å². The fraction of sp³-hybridized carbons (Fsp3) is 0. The summed E-state index contributed by atoms with van der Waals surface area (Å²) in [6.45, 7) is 0. The second-order valence-corrected chi connectivity index (χ2v) is 6.72. The van der Waals surface area contributed by atoms with Gasteiger partial charge in [-0.05, 0) is 66.5 Å². The standard InChI is InChI=1S/C21H16N4OS/c26-21(15-6-11-20-16(12-15)13-22-14-23-20)24-17-7-9-19(10-8-17)27-25-18-4-2-1-3-5-18/h1-14,25H,(H,24,26). The van der Waals surface area contributed by atoms with E-state index in [1.807, 2.05) is 60.7 Å². The SMILES string of the molecule is O=C(Nc1ccc(SNc2ccccc2)cc1)c1ccc2ncncc2c1. The van der Waals surface area contributed by atoms with E-state index in [1.165, 1.54) is 18.3 Å². The van der Waals surface area contributed by atoms with E-state index in [9.17, 15) is 4.79 Å². The highest BCUT2D eigenvalue weighted by Gasteiger charge is 2.07. The van der Waals surface area contributed by atoms with Crippen molar-refractivity contribution >= 4 is 40.1 Å². The summed E-state index contributed by atoms with van der Waals surface area (Å²) in [4.78, 5) is 21.7. The molecule has 0 atom stereocenters. The number of carbonyl (C=O) groups excluding carboxylic acids is 1. The molecule has 1 heterocycles. The van der Waals surface area contributed by atoms with E-state index >= 15 is 0 Å². The van der Waals surface area contributed by atoms with E-state index in [1.54, 1.807) is 18.3 Å². The van der Waals surface area contributed by atoms with Gasteiger partial charge < -0.3 is 10.0 Å². The van der Waals surface area contributed by atoms with Crippen LogP contribution < -0.4 is 10.0 Å². The Balaban J connectivity index is 1.40. The number of hydrogen-bond acceptors (Lipinski definition) is 5. The Labute approximate surface area is 161 Å². The number of nitrogens with zero attached hydrogens (tertiary/aromatic N) is 2. The summed E-state index contributed by atoms with van der Waals surface area (Å²) in [7, 11) is 0. The summed E-state index contributed by atoms with van der Waals surface area (Å²) in [6, 6.07) is 23.0. The van der Waals surface area contributed by atoms with E-state index < -0.39 is 0 Å². The summed E-state index contributed by atoms with van der Waals surface area (Å²) in [5.74, 6) is -0.163. The lowest BCUT2D eigenvalue weighted by Crippen LogP contribution is -2.11. The zero-order valence-corrected chi connectivity index (χ0v) is 15.1. The van der Waals surface area contributed by atoms with Crippen LogP contribution in [0.25, 0.3) is 10.9 Å². The molecule has 0 aliphatic rings. The molecule has 0 radical (unpaired) electrons. The Bertz CT molecular complexity index is 1070. The van der Waals surface area contributed by atoms with Gasteiger partial charge in [-0.2, -0.15) is 0 Å². The highest BCUT2D eigenvalue weighted by atomic mass is 32.2. The molecule has 5 nitrogen and oxygen atoms in total. The van der Waals surface area contributed by atoms with Gasteiger partial charge in [0.2, 0.25) is 0 Å². The largest absolute Gasteiger partial charge is 0.326 e. The lowest BCUT2D eigenvalue weighted by molar-refractivity contribution is 0.102. The van der Waals surface area contributed by atoms with Crippen LogP contribution in [-0.4, -0.2) is 15.9 Å². The first-order chi connectivity index (χ1) is 13.3. The van der Waals surface area contributed by atoms with Crippen molar-refractivity contribution in [3.63, 3.8) is 0 Å². The number of amides is 1. The van der Waals surface area contributed by atoms with Crippen molar-refractivity contribution in [2.75, 3.05) is 10.0 Å². The van der Waals surface area contributed by atoms with Gasteiger partial charge in [0.25, 0.3) is 5.91 Å². The van der Waals surface area contributed by atoms with Crippen molar-refractivity contribution in [2.24, 2.45) is 0 Å².